The van der Waals surface area contributed by atoms with Crippen molar-refractivity contribution in [2.45, 2.75) is 30.1 Å². The van der Waals surface area contributed by atoms with Crippen molar-refractivity contribution in [3.63, 3.8) is 0 Å². The first-order chi connectivity index (χ1) is 32.5. The van der Waals surface area contributed by atoms with Crippen LogP contribution in [0, 0.1) is 0 Å². The van der Waals surface area contributed by atoms with E-state index in [4.69, 9.17) is 0 Å². The Labute approximate surface area is 388 Å². The predicted molar refractivity (Wildman–Crippen MR) is 273 cm³/mol. The van der Waals surface area contributed by atoms with E-state index in [1.165, 1.54) is 89.0 Å². The zero-order valence-electron chi connectivity index (χ0n) is 37.1. The molecule has 13 rings (SSSR count). The van der Waals surface area contributed by atoms with Gasteiger partial charge in [0.2, 0.25) is 0 Å². The maximum absolute atomic E-state index is 2.57. The first-order valence-electron chi connectivity index (χ1n) is 23.3. The molecule has 66 heavy (non-hydrogen) atoms. The Morgan fingerprint density at radius 1 is 0.288 bits per heavy atom. The highest BCUT2D eigenvalue weighted by Crippen LogP contribution is 2.67. The van der Waals surface area contributed by atoms with Crippen LogP contribution in [0.15, 0.2) is 249 Å². The molecule has 1 nitrogen and oxygen atoms in total. The Hall–Kier alpha value is -8.00. The molecule has 0 saturated carbocycles. The monoisotopic (exact) mass is 841 g/mol. The van der Waals surface area contributed by atoms with Gasteiger partial charge in [0.15, 0.2) is 0 Å². The second kappa shape index (κ2) is 14.5. The molecule has 0 fully saturated rings. The van der Waals surface area contributed by atoms with Crippen LogP contribution in [0.3, 0.4) is 0 Å². The van der Waals surface area contributed by atoms with Crippen molar-refractivity contribution in [1.82, 2.24) is 0 Å². The van der Waals surface area contributed by atoms with Crippen molar-refractivity contribution < 1.29 is 0 Å². The van der Waals surface area contributed by atoms with Crippen LogP contribution in [0.4, 0.5) is 17.1 Å². The van der Waals surface area contributed by atoms with E-state index in [9.17, 15) is 0 Å². The molecule has 312 valence electrons. The highest BCUT2D eigenvalue weighted by molar-refractivity contribution is 5.95. The van der Waals surface area contributed by atoms with Gasteiger partial charge in [0.25, 0.3) is 0 Å². The summed E-state index contributed by atoms with van der Waals surface area (Å²) in [7, 11) is 0. The normalized spacial score (nSPS) is 17.8. The van der Waals surface area contributed by atoms with Gasteiger partial charge < -0.3 is 4.90 Å². The third-order valence-corrected chi connectivity index (χ3v) is 15.2. The Kier molecular flexibility index (Phi) is 8.45. The molecule has 0 aliphatic heterocycles. The molecule has 0 spiro atoms. The van der Waals surface area contributed by atoms with Crippen molar-refractivity contribution in [3.05, 3.63) is 304 Å². The molecule has 0 aromatic heterocycles. The van der Waals surface area contributed by atoms with Gasteiger partial charge in [-0.1, -0.05) is 238 Å². The summed E-state index contributed by atoms with van der Waals surface area (Å²) in [5, 5.41) is 0. The van der Waals surface area contributed by atoms with Gasteiger partial charge in [-0.25, -0.2) is 0 Å². The van der Waals surface area contributed by atoms with E-state index in [2.05, 4.69) is 267 Å². The summed E-state index contributed by atoms with van der Waals surface area (Å²) >= 11 is 0. The highest BCUT2D eigenvalue weighted by atomic mass is 15.1. The van der Waals surface area contributed by atoms with E-state index < -0.39 is 10.8 Å². The zero-order chi connectivity index (χ0) is 44.0. The molecule has 10 aromatic carbocycles. The summed E-state index contributed by atoms with van der Waals surface area (Å²) in [6.07, 6.45) is 0. The molecule has 0 amide bonds. The van der Waals surface area contributed by atoms with Gasteiger partial charge in [-0.2, -0.15) is 0 Å². The molecule has 2 atom stereocenters. The minimum absolute atomic E-state index is 0.181. The molecule has 0 N–H and O–H groups in total. The molecular formula is C65H47N. The first-order valence-corrected chi connectivity index (χ1v) is 23.3. The lowest BCUT2D eigenvalue weighted by atomic mass is 9.51. The molecule has 0 bridgehead atoms. The lowest BCUT2D eigenvalue weighted by Gasteiger charge is -2.50. The highest BCUT2D eigenvalue weighted by Gasteiger charge is 2.58. The van der Waals surface area contributed by atoms with Crippen LogP contribution in [0.5, 0.6) is 0 Å². The average molecular weight is 842 g/mol. The van der Waals surface area contributed by atoms with E-state index >= 15 is 0 Å². The fourth-order valence-corrected chi connectivity index (χ4v) is 12.6. The molecule has 3 aliphatic carbocycles. The second-order valence-electron chi connectivity index (χ2n) is 18.7. The van der Waals surface area contributed by atoms with Gasteiger partial charge in [0.05, 0.1) is 22.2 Å². The number of benzene rings is 10. The third kappa shape index (κ3) is 5.11. The number of fused-ring (bicyclic) bond motifs is 8. The molecule has 10 aromatic rings. The van der Waals surface area contributed by atoms with Crippen molar-refractivity contribution in [3.8, 4) is 33.4 Å². The SMILES string of the molecule is CC1(C)c2ccccc2-c2ccc(N(c3ccccc3-c3ccccc3)c3ccccc3C3(c4ccccc4)c4ccccc4C4(c5ccccc5)c5ccccc5-c5cccc3c54)cc21. The molecule has 2 unspecified atom stereocenters. The summed E-state index contributed by atoms with van der Waals surface area (Å²) in [6.45, 7) is 4.77. The number of hydrogen-bond acceptors (Lipinski definition) is 1. The van der Waals surface area contributed by atoms with E-state index in [1.54, 1.807) is 0 Å². The Morgan fingerprint density at radius 2 is 0.742 bits per heavy atom. The topological polar surface area (TPSA) is 3.24 Å². The van der Waals surface area contributed by atoms with Crippen molar-refractivity contribution >= 4 is 17.1 Å². The van der Waals surface area contributed by atoms with Crippen LogP contribution in [-0.2, 0) is 16.2 Å². The summed E-state index contributed by atoms with van der Waals surface area (Å²) in [4.78, 5) is 2.57. The van der Waals surface area contributed by atoms with Crippen molar-refractivity contribution in [1.29, 1.82) is 0 Å². The van der Waals surface area contributed by atoms with E-state index in [1.807, 2.05) is 0 Å². The molecule has 1 heteroatoms. The number of hydrogen-bond donors (Lipinski definition) is 0. The van der Waals surface area contributed by atoms with Crippen LogP contribution in [-0.4, -0.2) is 0 Å². The number of anilines is 3. The largest absolute Gasteiger partial charge is 0.310 e. The average Bonchev–Trinajstić information content (AvgIpc) is 3.82. The van der Waals surface area contributed by atoms with Crippen LogP contribution >= 0.6 is 0 Å². The lowest BCUT2D eigenvalue weighted by molar-refractivity contribution is 0.627. The summed E-state index contributed by atoms with van der Waals surface area (Å²) in [5.41, 5.74) is 22.6. The van der Waals surface area contributed by atoms with E-state index in [0.717, 1.165) is 17.1 Å². The summed E-state index contributed by atoms with van der Waals surface area (Å²) in [6, 6.07) is 93.5. The Bertz CT molecular complexity index is 3510. The van der Waals surface area contributed by atoms with Gasteiger partial charge in [0.1, 0.15) is 0 Å². The number of nitrogens with zero attached hydrogens (tertiary/aromatic N) is 1. The van der Waals surface area contributed by atoms with Crippen LogP contribution in [0.1, 0.15) is 69.5 Å². The first kappa shape index (κ1) is 38.5. The van der Waals surface area contributed by atoms with E-state index in [-0.39, 0.29) is 5.41 Å². The summed E-state index contributed by atoms with van der Waals surface area (Å²) < 4.78 is 0. The summed E-state index contributed by atoms with van der Waals surface area (Å²) in [5.74, 6) is 0. The smallest absolute Gasteiger partial charge is 0.0728 e. The van der Waals surface area contributed by atoms with E-state index in [0.29, 0.717) is 0 Å². The van der Waals surface area contributed by atoms with Gasteiger partial charge >= 0.3 is 0 Å². The van der Waals surface area contributed by atoms with Crippen LogP contribution in [0.2, 0.25) is 0 Å². The van der Waals surface area contributed by atoms with Gasteiger partial charge in [-0.3, -0.25) is 0 Å². The third-order valence-electron chi connectivity index (χ3n) is 15.2. The fourth-order valence-electron chi connectivity index (χ4n) is 12.6. The van der Waals surface area contributed by atoms with Gasteiger partial charge in [0, 0.05) is 16.7 Å². The van der Waals surface area contributed by atoms with Crippen molar-refractivity contribution in [2.75, 3.05) is 4.90 Å². The van der Waals surface area contributed by atoms with Gasteiger partial charge in [-0.05, 0) is 108 Å². The second-order valence-corrected chi connectivity index (χ2v) is 18.7. The predicted octanol–water partition coefficient (Wildman–Crippen LogP) is 16.2. The number of rotatable bonds is 7. The van der Waals surface area contributed by atoms with Crippen molar-refractivity contribution in [2.24, 2.45) is 0 Å². The maximum Gasteiger partial charge on any atom is 0.0728 e. The maximum atomic E-state index is 2.57. The molecular weight excluding hydrogens is 795 g/mol. The fraction of sp³-hybridized carbons (Fsp3) is 0.0769. The molecule has 3 aliphatic rings. The molecule has 0 radical (unpaired) electrons. The van der Waals surface area contributed by atoms with Crippen LogP contribution in [0.25, 0.3) is 33.4 Å². The zero-order valence-corrected chi connectivity index (χ0v) is 37.1. The standard InChI is InChI=1S/C65H47N/c1-63(2)53-33-15-12-30-49(53)51-42-41-47(43-59(51)63)66(60-39-20-14-29-48(60)44-23-6-3-7-24-44)61-40-21-19-37-57(61)64(45-25-8-4-9-26-45)55-35-17-18-36-56(55)65(46-27-10-5-11-28-46)54-34-16-13-31-50(54)52-32-22-38-58(64)62(52)65/h3-43H,1-2H3. The Morgan fingerprint density at radius 3 is 1.42 bits per heavy atom. The minimum atomic E-state index is -0.744. The lowest BCUT2D eigenvalue weighted by Crippen LogP contribution is -2.44. The Balaban J connectivity index is 1.17. The number of para-hydroxylation sites is 2. The minimum Gasteiger partial charge on any atom is -0.310 e. The molecule has 0 heterocycles. The molecule has 0 saturated heterocycles. The van der Waals surface area contributed by atoms with Crippen LogP contribution < -0.4 is 4.90 Å². The van der Waals surface area contributed by atoms with Gasteiger partial charge in [-0.15, -0.1) is 0 Å². The quantitative estimate of drug-likeness (QED) is 0.155.